The van der Waals surface area contributed by atoms with E-state index in [1.807, 2.05) is 36.4 Å². The van der Waals surface area contributed by atoms with Crippen LogP contribution in [-0.2, 0) is 6.42 Å². The predicted octanol–water partition coefficient (Wildman–Crippen LogP) is 3.70. The highest BCUT2D eigenvalue weighted by atomic mass is 16.5. The Morgan fingerprint density at radius 2 is 1.44 bits per heavy atom. The van der Waals surface area contributed by atoms with E-state index >= 15 is 0 Å². The zero-order chi connectivity index (χ0) is 11.2. The maximum Gasteiger partial charge on any atom is 0.119 e. The molecular formula is C15H16O. The lowest BCUT2D eigenvalue weighted by Gasteiger charge is -2.14. The topological polar surface area (TPSA) is 9.23 Å². The van der Waals surface area contributed by atoms with Crippen LogP contribution >= 0.6 is 0 Å². The molecule has 16 heavy (non-hydrogen) atoms. The minimum atomic E-state index is 0.199. The van der Waals surface area contributed by atoms with Crippen LogP contribution in [0.3, 0.4) is 0 Å². The summed E-state index contributed by atoms with van der Waals surface area (Å²) >= 11 is 0. The fourth-order valence-corrected chi connectivity index (χ4v) is 1.72. The zero-order valence-corrected chi connectivity index (χ0v) is 9.47. The van der Waals surface area contributed by atoms with E-state index in [1.54, 1.807) is 0 Å². The number of para-hydroxylation sites is 1. The second kappa shape index (κ2) is 5.36. The van der Waals surface area contributed by atoms with Gasteiger partial charge in [-0.1, -0.05) is 48.5 Å². The van der Waals surface area contributed by atoms with Crippen molar-refractivity contribution < 1.29 is 4.74 Å². The van der Waals surface area contributed by atoms with Crippen LogP contribution in [0.2, 0.25) is 0 Å². The van der Waals surface area contributed by atoms with E-state index in [2.05, 4.69) is 31.2 Å². The van der Waals surface area contributed by atoms with Gasteiger partial charge in [0.05, 0.1) is 6.10 Å². The quantitative estimate of drug-likeness (QED) is 0.751. The molecule has 0 radical (unpaired) electrons. The Morgan fingerprint density at radius 3 is 2.06 bits per heavy atom. The molecule has 0 spiro atoms. The summed E-state index contributed by atoms with van der Waals surface area (Å²) in [5, 5.41) is 0. The number of hydrogen-bond acceptors (Lipinski definition) is 1. The Bertz CT molecular complexity index is 366. The predicted molar refractivity (Wildman–Crippen MR) is 66.7 cm³/mol. The first kappa shape index (κ1) is 10.7. The van der Waals surface area contributed by atoms with Gasteiger partial charge < -0.3 is 4.74 Å². The summed E-state index contributed by atoms with van der Waals surface area (Å²) < 4.78 is 5.82. The molecule has 82 valence electrons. The molecule has 0 saturated heterocycles. The van der Waals surface area contributed by atoms with Crippen molar-refractivity contribution in [2.75, 3.05) is 0 Å². The van der Waals surface area contributed by atoms with Crippen LogP contribution in [0, 0.1) is 0 Å². The molecular weight excluding hydrogens is 196 g/mol. The average molecular weight is 212 g/mol. The summed E-state index contributed by atoms with van der Waals surface area (Å²) in [6.07, 6.45) is 1.14. The minimum Gasteiger partial charge on any atom is -0.490 e. The molecule has 0 heterocycles. The van der Waals surface area contributed by atoms with Crippen molar-refractivity contribution in [3.05, 3.63) is 66.2 Å². The van der Waals surface area contributed by atoms with Gasteiger partial charge in [-0.05, 0) is 24.6 Å². The molecule has 0 amide bonds. The molecule has 0 fully saturated rings. The number of benzene rings is 2. The minimum absolute atomic E-state index is 0.199. The second-order valence-corrected chi connectivity index (χ2v) is 3.93. The maximum absolute atomic E-state index is 5.82. The van der Waals surface area contributed by atoms with Crippen LogP contribution in [0.5, 0.6) is 5.75 Å². The Hall–Kier alpha value is -1.76. The lowest BCUT2D eigenvalue weighted by molar-refractivity contribution is 0.222. The van der Waals surface area contributed by atoms with Gasteiger partial charge in [-0.3, -0.25) is 0 Å². The van der Waals surface area contributed by atoms with Gasteiger partial charge in [0.25, 0.3) is 0 Å². The molecule has 2 aromatic rings. The summed E-state index contributed by atoms with van der Waals surface area (Å²) in [7, 11) is 0. The molecule has 1 atom stereocenters. The second-order valence-electron chi connectivity index (χ2n) is 3.93. The van der Waals surface area contributed by atoms with Gasteiger partial charge in [0.15, 0.2) is 0 Å². The van der Waals surface area contributed by atoms with E-state index in [1.165, 1.54) is 5.56 Å². The van der Waals surface area contributed by atoms with Gasteiger partial charge in [-0.15, -0.1) is 0 Å². The lowest BCUT2D eigenvalue weighted by atomic mass is 10.1. The van der Waals surface area contributed by atoms with Crippen LogP contribution in [0.25, 0.3) is 0 Å². The molecule has 0 N–H and O–H groups in total. The van der Waals surface area contributed by atoms with Crippen LogP contribution in [0.4, 0.5) is 0 Å². The fraction of sp³-hybridized carbons (Fsp3) is 0.200. The molecule has 0 saturated carbocycles. The first-order chi connectivity index (χ1) is 7.84. The van der Waals surface area contributed by atoms with Crippen LogP contribution in [0.15, 0.2) is 60.7 Å². The summed E-state index contributed by atoms with van der Waals surface area (Å²) in [6, 6.07) is 20.4. The van der Waals surface area contributed by atoms with E-state index in [-0.39, 0.29) is 6.10 Å². The molecule has 0 unspecified atom stereocenters. The largest absolute Gasteiger partial charge is 0.490 e. The standard InChI is InChI=1S/C15H16O/c1-13(12-14-8-4-2-5-9-14)16-15-10-6-3-7-11-15/h2-11,13H,12H2,1H3/t13-/m1/s1. The van der Waals surface area contributed by atoms with Gasteiger partial charge in [0, 0.05) is 6.42 Å². The Balaban J connectivity index is 1.92. The van der Waals surface area contributed by atoms with E-state index in [9.17, 15) is 0 Å². The normalized spacial score (nSPS) is 12.1. The molecule has 0 aliphatic heterocycles. The summed E-state index contributed by atoms with van der Waals surface area (Å²) in [6.45, 7) is 2.10. The zero-order valence-electron chi connectivity index (χ0n) is 9.47. The maximum atomic E-state index is 5.82. The van der Waals surface area contributed by atoms with Crippen LogP contribution in [-0.4, -0.2) is 6.10 Å². The van der Waals surface area contributed by atoms with Crippen molar-refractivity contribution in [3.8, 4) is 5.75 Å². The molecule has 0 aromatic heterocycles. The smallest absolute Gasteiger partial charge is 0.119 e. The molecule has 0 aliphatic carbocycles. The van der Waals surface area contributed by atoms with Crippen LogP contribution in [0.1, 0.15) is 12.5 Å². The Labute approximate surface area is 96.7 Å². The SMILES string of the molecule is C[C@H](Cc1ccccc1)Oc1ccccc1. The average Bonchev–Trinajstić information content (AvgIpc) is 2.31. The van der Waals surface area contributed by atoms with Gasteiger partial charge in [0.2, 0.25) is 0 Å². The first-order valence-electron chi connectivity index (χ1n) is 5.60. The van der Waals surface area contributed by atoms with Crippen LogP contribution < -0.4 is 4.74 Å². The van der Waals surface area contributed by atoms with Crippen molar-refractivity contribution in [2.24, 2.45) is 0 Å². The number of ether oxygens (including phenoxy) is 1. The van der Waals surface area contributed by atoms with E-state index in [4.69, 9.17) is 4.74 Å². The molecule has 0 aliphatic rings. The van der Waals surface area contributed by atoms with Crippen molar-refractivity contribution >= 4 is 0 Å². The molecule has 1 heteroatoms. The Morgan fingerprint density at radius 1 is 0.875 bits per heavy atom. The van der Waals surface area contributed by atoms with Crippen molar-refractivity contribution in [1.82, 2.24) is 0 Å². The summed E-state index contributed by atoms with van der Waals surface area (Å²) in [4.78, 5) is 0. The first-order valence-corrected chi connectivity index (χ1v) is 5.60. The summed E-state index contributed by atoms with van der Waals surface area (Å²) in [5.74, 6) is 0.936. The van der Waals surface area contributed by atoms with Gasteiger partial charge >= 0.3 is 0 Å². The third-order valence-electron chi connectivity index (χ3n) is 2.45. The highest BCUT2D eigenvalue weighted by molar-refractivity contribution is 5.22. The molecule has 2 aromatic carbocycles. The van der Waals surface area contributed by atoms with Gasteiger partial charge in [0.1, 0.15) is 5.75 Å². The van der Waals surface area contributed by atoms with Gasteiger partial charge in [-0.25, -0.2) is 0 Å². The monoisotopic (exact) mass is 212 g/mol. The third kappa shape index (κ3) is 3.13. The Kier molecular flexibility index (Phi) is 3.60. The van der Waals surface area contributed by atoms with Crippen molar-refractivity contribution in [3.63, 3.8) is 0 Å². The number of rotatable bonds is 4. The fourth-order valence-electron chi connectivity index (χ4n) is 1.72. The van der Waals surface area contributed by atoms with Gasteiger partial charge in [-0.2, -0.15) is 0 Å². The lowest BCUT2D eigenvalue weighted by Crippen LogP contribution is -2.14. The summed E-state index contributed by atoms with van der Waals surface area (Å²) in [5.41, 5.74) is 1.31. The highest BCUT2D eigenvalue weighted by Gasteiger charge is 2.04. The molecule has 0 bridgehead atoms. The highest BCUT2D eigenvalue weighted by Crippen LogP contribution is 2.13. The molecule has 2 rings (SSSR count). The third-order valence-corrected chi connectivity index (χ3v) is 2.45. The van der Waals surface area contributed by atoms with E-state index in [0.29, 0.717) is 0 Å². The van der Waals surface area contributed by atoms with Crippen molar-refractivity contribution in [2.45, 2.75) is 19.4 Å². The molecule has 1 nitrogen and oxygen atoms in total. The van der Waals surface area contributed by atoms with E-state index in [0.717, 1.165) is 12.2 Å². The van der Waals surface area contributed by atoms with E-state index < -0.39 is 0 Å². The number of hydrogen-bond donors (Lipinski definition) is 0. The van der Waals surface area contributed by atoms with Crippen molar-refractivity contribution in [1.29, 1.82) is 0 Å².